The smallest absolute Gasteiger partial charge is 0.303 e. The van der Waals surface area contributed by atoms with E-state index >= 15 is 0 Å². The van der Waals surface area contributed by atoms with Gasteiger partial charge in [0.2, 0.25) is 17.7 Å². The molecule has 2 rings (SSSR count). The van der Waals surface area contributed by atoms with E-state index in [1.807, 2.05) is 31.4 Å². The summed E-state index contributed by atoms with van der Waals surface area (Å²) in [6.07, 6.45) is 1.75. The van der Waals surface area contributed by atoms with Crippen molar-refractivity contribution in [3.05, 3.63) is 29.8 Å². The van der Waals surface area contributed by atoms with Gasteiger partial charge in [-0.25, -0.2) is 0 Å². The molecule has 3 amide bonds. The SMILES string of the molecule is CNC(CC1CNc2ccccc21)NC(=O)C(CCC(=O)O)NC(=O)C(C)C(=O)NC(C)CSC. The molecule has 0 fully saturated rings. The van der Waals surface area contributed by atoms with E-state index in [1.165, 1.54) is 12.5 Å². The molecule has 1 aromatic rings. The fourth-order valence-electron chi connectivity index (χ4n) is 3.99. The summed E-state index contributed by atoms with van der Waals surface area (Å²) in [5, 5.41) is 23.8. The van der Waals surface area contributed by atoms with Gasteiger partial charge in [-0.15, -0.1) is 0 Å². The Balaban J connectivity index is 2.01. The van der Waals surface area contributed by atoms with Gasteiger partial charge in [0.25, 0.3) is 0 Å². The van der Waals surface area contributed by atoms with Crippen LogP contribution in [0.3, 0.4) is 0 Å². The first-order chi connectivity index (χ1) is 16.7. The minimum atomic E-state index is -1.08. The van der Waals surface area contributed by atoms with Gasteiger partial charge in [0, 0.05) is 36.4 Å². The van der Waals surface area contributed by atoms with Crippen LogP contribution in [0, 0.1) is 5.92 Å². The normalized spacial score (nSPS) is 17.8. The third kappa shape index (κ3) is 8.74. The number of carboxylic acids is 1. The standard InChI is InChI=1S/C24H37N5O5S/c1-14(13-35-4)27-22(32)15(2)23(33)28-19(9-10-21(30)31)24(34)29-20(25-3)11-16-12-26-18-8-6-5-7-17(16)18/h5-8,14-16,19-20,25-26H,9-13H2,1-4H3,(H,27,32)(H,28,33)(H,29,34)(H,30,31). The molecule has 1 heterocycles. The maximum absolute atomic E-state index is 13.1. The third-order valence-corrected chi connectivity index (χ3v) is 6.83. The monoisotopic (exact) mass is 507 g/mol. The van der Waals surface area contributed by atoms with Gasteiger partial charge in [0.15, 0.2) is 0 Å². The molecule has 6 N–H and O–H groups in total. The molecule has 5 unspecified atom stereocenters. The van der Waals surface area contributed by atoms with Crippen molar-refractivity contribution in [2.75, 3.05) is 30.9 Å². The third-order valence-electron chi connectivity index (χ3n) is 6.00. The molecule has 0 aromatic heterocycles. The van der Waals surface area contributed by atoms with E-state index in [9.17, 15) is 19.2 Å². The maximum atomic E-state index is 13.1. The Morgan fingerprint density at radius 2 is 1.77 bits per heavy atom. The van der Waals surface area contributed by atoms with E-state index < -0.39 is 41.8 Å². The number of amides is 3. The minimum Gasteiger partial charge on any atom is -0.481 e. The molecule has 0 spiro atoms. The van der Waals surface area contributed by atoms with Gasteiger partial charge in [-0.05, 0) is 51.6 Å². The van der Waals surface area contributed by atoms with Crippen molar-refractivity contribution in [3.8, 4) is 0 Å². The fraction of sp³-hybridized carbons (Fsp3) is 0.583. The van der Waals surface area contributed by atoms with Gasteiger partial charge in [-0.1, -0.05) is 18.2 Å². The summed E-state index contributed by atoms with van der Waals surface area (Å²) < 4.78 is 0. The summed E-state index contributed by atoms with van der Waals surface area (Å²) in [7, 11) is 1.73. The average Bonchev–Trinajstić information content (AvgIpc) is 3.23. The Kier molecular flexibility index (Phi) is 11.3. The van der Waals surface area contributed by atoms with Crippen LogP contribution in [-0.4, -0.2) is 72.6 Å². The molecular formula is C24H37N5O5S. The first-order valence-corrected chi connectivity index (χ1v) is 13.2. The Morgan fingerprint density at radius 1 is 1.09 bits per heavy atom. The number of benzene rings is 1. The maximum Gasteiger partial charge on any atom is 0.303 e. The number of hydrogen-bond donors (Lipinski definition) is 6. The predicted octanol–water partition coefficient (Wildman–Crippen LogP) is 1.10. The van der Waals surface area contributed by atoms with Crippen LogP contribution < -0.4 is 26.6 Å². The molecule has 0 saturated heterocycles. The van der Waals surface area contributed by atoms with E-state index in [2.05, 4.69) is 32.7 Å². The van der Waals surface area contributed by atoms with Crippen LogP contribution >= 0.6 is 11.8 Å². The van der Waals surface area contributed by atoms with Crippen molar-refractivity contribution in [2.24, 2.45) is 5.92 Å². The molecule has 1 aliphatic rings. The summed E-state index contributed by atoms with van der Waals surface area (Å²) in [6.45, 7) is 4.05. The first-order valence-electron chi connectivity index (χ1n) is 11.8. The molecular weight excluding hydrogens is 470 g/mol. The van der Waals surface area contributed by atoms with Gasteiger partial charge >= 0.3 is 5.97 Å². The first kappa shape index (κ1) is 28.4. The van der Waals surface area contributed by atoms with E-state index in [0.29, 0.717) is 12.2 Å². The van der Waals surface area contributed by atoms with Gasteiger partial charge in [0.05, 0.1) is 6.17 Å². The van der Waals surface area contributed by atoms with Crippen LogP contribution in [0.2, 0.25) is 0 Å². The Labute approximate surface area is 210 Å². The van der Waals surface area contributed by atoms with Crippen molar-refractivity contribution in [1.29, 1.82) is 0 Å². The van der Waals surface area contributed by atoms with Crippen molar-refractivity contribution in [1.82, 2.24) is 21.3 Å². The molecule has 0 radical (unpaired) electrons. The van der Waals surface area contributed by atoms with Crippen molar-refractivity contribution >= 4 is 41.1 Å². The van der Waals surface area contributed by atoms with Gasteiger partial charge in [-0.3, -0.25) is 19.2 Å². The Morgan fingerprint density at radius 3 is 2.43 bits per heavy atom. The van der Waals surface area contributed by atoms with Crippen LogP contribution in [0.1, 0.15) is 44.6 Å². The van der Waals surface area contributed by atoms with Crippen LogP contribution in [0.4, 0.5) is 5.69 Å². The van der Waals surface area contributed by atoms with Gasteiger partial charge in [-0.2, -0.15) is 11.8 Å². The molecule has 0 aliphatic carbocycles. The molecule has 0 bridgehead atoms. The minimum absolute atomic E-state index is 0.0889. The van der Waals surface area contributed by atoms with E-state index in [1.54, 1.807) is 18.8 Å². The number of carboxylic acid groups (broad SMARTS) is 1. The molecule has 1 aliphatic heterocycles. The zero-order valence-corrected chi connectivity index (χ0v) is 21.5. The number of rotatable bonds is 14. The van der Waals surface area contributed by atoms with E-state index in [-0.39, 0.29) is 24.8 Å². The van der Waals surface area contributed by atoms with Crippen LogP contribution in [0.15, 0.2) is 24.3 Å². The lowest BCUT2D eigenvalue weighted by Gasteiger charge is -2.26. The largest absolute Gasteiger partial charge is 0.481 e. The number of carbonyl (C=O) groups is 4. The highest BCUT2D eigenvalue weighted by atomic mass is 32.2. The molecule has 11 heteroatoms. The molecule has 35 heavy (non-hydrogen) atoms. The molecule has 0 saturated carbocycles. The zero-order valence-electron chi connectivity index (χ0n) is 20.7. The molecule has 1 aromatic carbocycles. The number of nitrogens with one attached hydrogen (secondary N) is 5. The zero-order chi connectivity index (χ0) is 26.0. The highest BCUT2D eigenvalue weighted by molar-refractivity contribution is 7.98. The van der Waals surface area contributed by atoms with Crippen molar-refractivity contribution in [3.63, 3.8) is 0 Å². The predicted molar refractivity (Wildman–Crippen MR) is 137 cm³/mol. The fourth-order valence-corrected chi connectivity index (χ4v) is 4.57. The number of para-hydroxylation sites is 1. The lowest BCUT2D eigenvalue weighted by atomic mass is 9.96. The van der Waals surface area contributed by atoms with Crippen LogP contribution in [0.25, 0.3) is 0 Å². The van der Waals surface area contributed by atoms with E-state index in [0.717, 1.165) is 12.2 Å². The summed E-state index contributed by atoms with van der Waals surface area (Å²) in [4.78, 5) is 49.3. The van der Waals surface area contributed by atoms with Crippen molar-refractivity contribution < 1.29 is 24.3 Å². The van der Waals surface area contributed by atoms with Crippen LogP contribution in [-0.2, 0) is 19.2 Å². The van der Waals surface area contributed by atoms with Crippen molar-refractivity contribution in [2.45, 2.75) is 57.3 Å². The highest BCUT2D eigenvalue weighted by Crippen LogP contribution is 2.33. The number of thioether (sulfide) groups is 1. The number of carbonyl (C=O) groups excluding carboxylic acids is 3. The lowest BCUT2D eigenvalue weighted by Crippen LogP contribution is -2.55. The second kappa shape index (κ2) is 13.9. The van der Waals surface area contributed by atoms with Gasteiger partial charge < -0.3 is 31.7 Å². The summed E-state index contributed by atoms with van der Waals surface area (Å²) in [6, 6.07) is 6.82. The second-order valence-electron chi connectivity index (χ2n) is 8.83. The quantitative estimate of drug-likeness (QED) is 0.162. The number of fused-ring (bicyclic) bond motifs is 1. The number of anilines is 1. The van der Waals surface area contributed by atoms with E-state index in [4.69, 9.17) is 5.11 Å². The molecule has 5 atom stereocenters. The Bertz CT molecular complexity index is 899. The molecule has 10 nitrogen and oxygen atoms in total. The topological polar surface area (TPSA) is 149 Å². The van der Waals surface area contributed by atoms with Crippen LogP contribution in [0.5, 0.6) is 0 Å². The second-order valence-corrected chi connectivity index (χ2v) is 9.74. The lowest BCUT2D eigenvalue weighted by molar-refractivity contribution is -0.140. The average molecular weight is 508 g/mol. The number of aliphatic carboxylic acids is 1. The van der Waals surface area contributed by atoms with Gasteiger partial charge in [0.1, 0.15) is 12.0 Å². The molecule has 194 valence electrons. The highest BCUT2D eigenvalue weighted by Gasteiger charge is 2.30. The Hall–Kier alpha value is -2.79. The summed E-state index contributed by atoms with van der Waals surface area (Å²) >= 11 is 1.58. The summed E-state index contributed by atoms with van der Waals surface area (Å²) in [5.41, 5.74) is 2.25. The summed E-state index contributed by atoms with van der Waals surface area (Å²) in [5.74, 6) is -2.78. The number of hydrogen-bond acceptors (Lipinski definition) is 7.